The third kappa shape index (κ3) is 6.41. The van der Waals surface area contributed by atoms with Crippen molar-refractivity contribution in [1.29, 1.82) is 0 Å². The Balaban J connectivity index is 1.65. The van der Waals surface area contributed by atoms with Crippen LogP contribution >= 0.6 is 7.52 Å². The topological polar surface area (TPSA) is 110 Å². The Morgan fingerprint density at radius 3 is 2.55 bits per heavy atom. The molecular weight excluding hydrogens is 531 g/mol. The normalized spacial score (nSPS) is 21.3. The van der Waals surface area contributed by atoms with Crippen LogP contribution in [0.1, 0.15) is 47.1 Å². The molecule has 2 heterocycles. The summed E-state index contributed by atoms with van der Waals surface area (Å²) < 4.78 is 78.3. The molecule has 0 spiro atoms. The zero-order chi connectivity index (χ0) is 27.8. The fourth-order valence-corrected chi connectivity index (χ4v) is 5.03. The quantitative estimate of drug-likeness (QED) is 0.327. The molecule has 3 aromatic rings. The van der Waals surface area contributed by atoms with Crippen LogP contribution in [0.15, 0.2) is 47.3 Å². The molecule has 0 amide bonds. The second kappa shape index (κ2) is 10.7. The zero-order valence-corrected chi connectivity index (χ0v) is 21.7. The lowest BCUT2D eigenvalue weighted by molar-refractivity contribution is -0.231. The molecule has 1 aliphatic heterocycles. The van der Waals surface area contributed by atoms with E-state index in [9.17, 15) is 31.8 Å². The molecule has 2 N–H and O–H groups in total. The number of aromatic nitrogens is 3. The number of rotatable bonds is 7. The van der Waals surface area contributed by atoms with E-state index >= 15 is 0 Å². The highest BCUT2D eigenvalue weighted by Crippen LogP contribution is 2.37. The predicted octanol–water partition coefficient (Wildman–Crippen LogP) is 4.38. The van der Waals surface area contributed by atoms with Crippen LogP contribution in [0.4, 0.5) is 17.6 Å². The molecule has 0 aliphatic carbocycles. The minimum atomic E-state index is -4.52. The van der Waals surface area contributed by atoms with E-state index < -0.39 is 49.2 Å². The molecule has 1 fully saturated rings. The van der Waals surface area contributed by atoms with Crippen molar-refractivity contribution in [3.63, 3.8) is 0 Å². The van der Waals surface area contributed by atoms with E-state index in [-0.39, 0.29) is 19.0 Å². The molecule has 4 atom stereocenters. The second-order valence-electron chi connectivity index (χ2n) is 9.22. The number of benzene rings is 2. The average Bonchev–Trinajstić information content (AvgIpc) is 3.19. The van der Waals surface area contributed by atoms with Crippen LogP contribution in [-0.4, -0.2) is 50.4 Å². The number of H-pyrrole nitrogens is 1. The van der Waals surface area contributed by atoms with Crippen LogP contribution in [0.5, 0.6) is 0 Å². The maximum Gasteiger partial charge on any atom is 0.416 e. The van der Waals surface area contributed by atoms with Gasteiger partial charge in [0.2, 0.25) is 0 Å². The summed E-state index contributed by atoms with van der Waals surface area (Å²) in [5, 5.41) is 3.94. The van der Waals surface area contributed by atoms with Gasteiger partial charge in [-0.25, -0.2) is 9.18 Å². The molecule has 9 nitrogen and oxygen atoms in total. The lowest BCUT2D eigenvalue weighted by Gasteiger charge is -2.41. The van der Waals surface area contributed by atoms with Crippen LogP contribution in [0.2, 0.25) is 0 Å². The molecule has 1 unspecified atom stereocenters. The summed E-state index contributed by atoms with van der Waals surface area (Å²) in [6.45, 7) is 4.68. The minimum absolute atomic E-state index is 0.0184. The third-order valence-electron chi connectivity index (χ3n) is 6.11. The molecule has 206 valence electrons. The van der Waals surface area contributed by atoms with Crippen molar-refractivity contribution in [2.24, 2.45) is 0 Å². The molecular formula is C24H27F4N4O5P. The van der Waals surface area contributed by atoms with Gasteiger partial charge in [-0.3, -0.25) is 14.4 Å². The van der Waals surface area contributed by atoms with E-state index in [1.54, 1.807) is 19.9 Å². The van der Waals surface area contributed by atoms with E-state index in [0.29, 0.717) is 27.7 Å². The summed E-state index contributed by atoms with van der Waals surface area (Å²) in [5.41, 5.74) is -0.320. The van der Waals surface area contributed by atoms with Crippen molar-refractivity contribution in [2.45, 2.75) is 45.0 Å². The number of ether oxygens (including phenoxy) is 2. The second-order valence-corrected chi connectivity index (χ2v) is 11.3. The number of morpholine rings is 1. The van der Waals surface area contributed by atoms with Crippen molar-refractivity contribution in [1.82, 2.24) is 19.4 Å². The van der Waals surface area contributed by atoms with E-state index in [2.05, 4.69) is 10.1 Å². The molecule has 38 heavy (non-hydrogen) atoms. The first kappa shape index (κ1) is 28.2. The highest BCUT2D eigenvalue weighted by molar-refractivity contribution is 7.55. The summed E-state index contributed by atoms with van der Waals surface area (Å²) in [6, 6.07) is 8.60. The smallest absolute Gasteiger partial charge is 0.349 e. The van der Waals surface area contributed by atoms with Gasteiger partial charge < -0.3 is 14.4 Å². The molecule has 4 rings (SSSR count). The Hall–Kier alpha value is -2.83. The maximum absolute atomic E-state index is 13.7. The largest absolute Gasteiger partial charge is 0.416 e. The number of alkyl halides is 3. The van der Waals surface area contributed by atoms with E-state index in [1.165, 1.54) is 24.3 Å². The molecule has 1 aliphatic rings. The summed E-state index contributed by atoms with van der Waals surface area (Å²) in [7, 11) is -3.98. The predicted molar refractivity (Wildman–Crippen MR) is 129 cm³/mol. The maximum atomic E-state index is 13.7. The number of hydrogen-bond donors (Lipinski definition) is 2. The molecule has 1 aromatic heterocycles. The first-order valence-electron chi connectivity index (χ1n) is 11.7. The molecule has 1 saturated heterocycles. The van der Waals surface area contributed by atoms with Crippen molar-refractivity contribution in [3.8, 4) is 0 Å². The lowest BCUT2D eigenvalue weighted by atomic mass is 10.0. The van der Waals surface area contributed by atoms with Gasteiger partial charge in [-0.1, -0.05) is 23.8 Å². The van der Waals surface area contributed by atoms with Gasteiger partial charge in [-0.2, -0.15) is 13.2 Å². The van der Waals surface area contributed by atoms with Crippen LogP contribution in [-0.2, 0) is 26.8 Å². The van der Waals surface area contributed by atoms with Crippen molar-refractivity contribution >= 4 is 7.52 Å². The van der Waals surface area contributed by atoms with Gasteiger partial charge in [0.05, 0.1) is 30.9 Å². The number of hydrogen-bond acceptors (Lipinski definition) is 6. The number of halogens is 4. The first-order chi connectivity index (χ1) is 17.7. The van der Waals surface area contributed by atoms with Crippen LogP contribution < -0.4 is 5.69 Å². The van der Waals surface area contributed by atoms with Gasteiger partial charge in [0.1, 0.15) is 11.6 Å². The van der Waals surface area contributed by atoms with Gasteiger partial charge in [0, 0.05) is 13.2 Å². The number of nitrogens with one attached hydrogen (secondary N) is 1. The molecule has 14 heteroatoms. The van der Waals surface area contributed by atoms with Crippen LogP contribution in [0.3, 0.4) is 0 Å². The lowest BCUT2D eigenvalue weighted by Crippen LogP contribution is -2.46. The zero-order valence-electron chi connectivity index (χ0n) is 20.8. The van der Waals surface area contributed by atoms with Crippen molar-refractivity contribution < 1.29 is 36.5 Å². The van der Waals surface area contributed by atoms with Gasteiger partial charge in [0.25, 0.3) is 0 Å². The number of aromatic amines is 1. The number of aryl methyl sites for hydroxylation is 1. The highest BCUT2D eigenvalue weighted by atomic mass is 31.2. The summed E-state index contributed by atoms with van der Waals surface area (Å²) in [4.78, 5) is 26.2. The van der Waals surface area contributed by atoms with Crippen LogP contribution in [0.25, 0.3) is 0 Å². The number of nitrogens with zero attached hydrogens (tertiary/aromatic N) is 3. The third-order valence-corrected chi connectivity index (χ3v) is 7.08. The molecule has 0 bridgehead atoms. The fraction of sp³-hybridized carbons (Fsp3) is 0.417. The Bertz CT molecular complexity index is 1390. The van der Waals surface area contributed by atoms with Crippen molar-refractivity contribution in [2.75, 3.05) is 19.8 Å². The Morgan fingerprint density at radius 1 is 1.26 bits per heavy atom. The van der Waals surface area contributed by atoms with E-state index in [1.807, 2.05) is 4.90 Å². The SMILES string of the molecule is Cc1cc([C@@H](C)O[C@H]2OCCN(Cc3nn(P(C)(=O)O)c(=O)[nH]3)[C@H]2c2ccc(F)cc2)cc(C(F)(F)F)c1. The Morgan fingerprint density at radius 2 is 1.95 bits per heavy atom. The summed E-state index contributed by atoms with van der Waals surface area (Å²) in [6.07, 6.45) is -6.31. The Labute approximate surface area is 215 Å². The summed E-state index contributed by atoms with van der Waals surface area (Å²) in [5.74, 6) is -0.354. The van der Waals surface area contributed by atoms with E-state index in [4.69, 9.17) is 9.47 Å². The molecule has 0 radical (unpaired) electrons. The van der Waals surface area contributed by atoms with Gasteiger partial charge in [-0.15, -0.1) is 9.55 Å². The van der Waals surface area contributed by atoms with Crippen LogP contribution in [0, 0.1) is 12.7 Å². The standard InChI is InChI=1S/C24H27F4N4O5P/c1-14-10-17(12-18(11-14)24(26,27)28)15(2)37-22-21(16-4-6-19(25)7-5-16)31(8-9-36-22)13-20-29-23(33)32(30-20)38(3,34)35/h4-7,10-12,15,21-22H,8-9,13H2,1-3H3,(H,34,35)(H,29,30,33)/t15-,21+,22-/m1/s1. The van der Waals surface area contributed by atoms with Gasteiger partial charge in [-0.05, 0) is 49.2 Å². The fourth-order valence-electron chi connectivity index (χ4n) is 4.37. The monoisotopic (exact) mass is 558 g/mol. The van der Waals surface area contributed by atoms with Gasteiger partial charge in [0.15, 0.2) is 6.29 Å². The highest BCUT2D eigenvalue weighted by Gasteiger charge is 2.37. The van der Waals surface area contributed by atoms with Crippen molar-refractivity contribution in [3.05, 3.63) is 86.8 Å². The molecule has 2 aromatic carbocycles. The first-order valence-corrected chi connectivity index (χ1v) is 13.7. The molecule has 0 saturated carbocycles. The average molecular weight is 558 g/mol. The summed E-state index contributed by atoms with van der Waals surface area (Å²) >= 11 is 0. The van der Waals surface area contributed by atoms with Gasteiger partial charge >= 0.3 is 19.4 Å². The van der Waals surface area contributed by atoms with E-state index in [0.717, 1.165) is 18.8 Å². The minimum Gasteiger partial charge on any atom is -0.349 e. The Kier molecular flexibility index (Phi) is 7.96.